The molecule has 4 rings (SSSR count). The first-order valence-electron chi connectivity index (χ1n) is 9.09. The molecule has 0 bridgehead atoms. The van der Waals surface area contributed by atoms with E-state index in [4.69, 9.17) is 0 Å². The SMILES string of the molecule is CC(NCCCc1c[nH]c2ccccc12)c1cccc2ccccc12. The lowest BCUT2D eigenvalue weighted by atomic mass is 9.99. The highest BCUT2D eigenvalue weighted by atomic mass is 14.9. The normalized spacial score (nSPS) is 12.7. The van der Waals surface area contributed by atoms with E-state index in [1.54, 1.807) is 0 Å². The summed E-state index contributed by atoms with van der Waals surface area (Å²) in [4.78, 5) is 3.36. The molecule has 0 aliphatic carbocycles. The van der Waals surface area contributed by atoms with E-state index in [1.165, 1.54) is 32.8 Å². The lowest BCUT2D eigenvalue weighted by molar-refractivity contribution is 0.561. The van der Waals surface area contributed by atoms with Gasteiger partial charge in [-0.25, -0.2) is 0 Å². The van der Waals surface area contributed by atoms with Crippen LogP contribution >= 0.6 is 0 Å². The molecular weight excluding hydrogens is 304 g/mol. The zero-order chi connectivity index (χ0) is 17.1. The van der Waals surface area contributed by atoms with Crippen LogP contribution in [-0.2, 0) is 6.42 Å². The van der Waals surface area contributed by atoms with Gasteiger partial charge in [-0.2, -0.15) is 0 Å². The second kappa shape index (κ2) is 7.12. The van der Waals surface area contributed by atoms with Gasteiger partial charge in [0.15, 0.2) is 0 Å². The number of benzene rings is 3. The van der Waals surface area contributed by atoms with E-state index >= 15 is 0 Å². The lowest BCUT2D eigenvalue weighted by Gasteiger charge is -2.16. The molecule has 2 nitrogen and oxygen atoms in total. The standard InChI is InChI=1S/C23H24N2/c1-17(20-13-6-9-18-8-2-3-11-21(18)20)24-15-7-10-19-16-25-23-14-5-4-12-22(19)23/h2-6,8-9,11-14,16-17,24-25H,7,10,15H2,1H3. The van der Waals surface area contributed by atoms with E-state index in [0.717, 1.165) is 19.4 Å². The van der Waals surface area contributed by atoms with Crippen LogP contribution in [0.15, 0.2) is 72.9 Å². The Balaban J connectivity index is 1.38. The summed E-state index contributed by atoms with van der Waals surface area (Å²) < 4.78 is 0. The maximum Gasteiger partial charge on any atom is 0.0456 e. The molecule has 25 heavy (non-hydrogen) atoms. The van der Waals surface area contributed by atoms with Crippen molar-refractivity contribution < 1.29 is 0 Å². The van der Waals surface area contributed by atoms with Crippen LogP contribution in [0.5, 0.6) is 0 Å². The molecule has 1 atom stereocenters. The zero-order valence-corrected chi connectivity index (χ0v) is 14.6. The number of hydrogen-bond acceptors (Lipinski definition) is 1. The Morgan fingerprint density at radius 1 is 0.880 bits per heavy atom. The van der Waals surface area contributed by atoms with Crippen molar-refractivity contribution in [2.45, 2.75) is 25.8 Å². The van der Waals surface area contributed by atoms with Crippen LogP contribution in [0.25, 0.3) is 21.7 Å². The first-order chi connectivity index (χ1) is 12.3. The van der Waals surface area contributed by atoms with Gasteiger partial charge in [0.05, 0.1) is 0 Å². The van der Waals surface area contributed by atoms with Crippen molar-refractivity contribution in [1.29, 1.82) is 0 Å². The molecule has 1 unspecified atom stereocenters. The Bertz CT molecular complexity index is 978. The first-order valence-corrected chi connectivity index (χ1v) is 9.09. The molecule has 0 radical (unpaired) electrons. The Morgan fingerprint density at radius 3 is 2.56 bits per heavy atom. The molecule has 0 spiro atoms. The Hall–Kier alpha value is -2.58. The summed E-state index contributed by atoms with van der Waals surface area (Å²) in [6.07, 6.45) is 4.38. The van der Waals surface area contributed by atoms with E-state index < -0.39 is 0 Å². The van der Waals surface area contributed by atoms with Crippen LogP contribution in [0.1, 0.15) is 30.5 Å². The van der Waals surface area contributed by atoms with Gasteiger partial charge >= 0.3 is 0 Å². The molecule has 2 heteroatoms. The van der Waals surface area contributed by atoms with Crippen LogP contribution < -0.4 is 5.32 Å². The fraction of sp³-hybridized carbons (Fsp3) is 0.217. The molecule has 0 aliphatic heterocycles. The van der Waals surface area contributed by atoms with Gasteiger partial charge < -0.3 is 10.3 Å². The molecule has 0 aliphatic rings. The minimum Gasteiger partial charge on any atom is -0.361 e. The molecule has 4 aromatic rings. The molecule has 0 saturated carbocycles. The highest BCUT2D eigenvalue weighted by Gasteiger charge is 2.08. The molecule has 1 aromatic heterocycles. The second-order valence-electron chi connectivity index (χ2n) is 6.71. The summed E-state index contributed by atoms with van der Waals surface area (Å²) in [7, 11) is 0. The van der Waals surface area contributed by atoms with Crippen molar-refractivity contribution in [2.24, 2.45) is 0 Å². The number of H-pyrrole nitrogens is 1. The van der Waals surface area contributed by atoms with Gasteiger partial charge in [0.1, 0.15) is 0 Å². The predicted molar refractivity (Wildman–Crippen MR) is 107 cm³/mol. The van der Waals surface area contributed by atoms with Gasteiger partial charge in [-0.05, 0) is 54.3 Å². The zero-order valence-electron chi connectivity index (χ0n) is 14.6. The topological polar surface area (TPSA) is 27.8 Å². The highest BCUT2D eigenvalue weighted by molar-refractivity contribution is 5.86. The number of rotatable bonds is 6. The van der Waals surface area contributed by atoms with Crippen LogP contribution in [0.2, 0.25) is 0 Å². The number of nitrogens with one attached hydrogen (secondary N) is 2. The molecule has 0 fully saturated rings. The van der Waals surface area contributed by atoms with E-state index in [-0.39, 0.29) is 0 Å². The largest absolute Gasteiger partial charge is 0.361 e. The van der Waals surface area contributed by atoms with E-state index in [2.05, 4.69) is 90.2 Å². The highest BCUT2D eigenvalue weighted by Crippen LogP contribution is 2.24. The second-order valence-corrected chi connectivity index (χ2v) is 6.71. The van der Waals surface area contributed by atoms with Gasteiger partial charge in [0, 0.05) is 23.1 Å². The fourth-order valence-electron chi connectivity index (χ4n) is 3.67. The Kier molecular flexibility index (Phi) is 4.53. The molecule has 0 saturated heterocycles. The van der Waals surface area contributed by atoms with Gasteiger partial charge in [0.2, 0.25) is 0 Å². The summed E-state index contributed by atoms with van der Waals surface area (Å²) in [6, 6.07) is 24.1. The van der Waals surface area contributed by atoms with E-state index in [0.29, 0.717) is 6.04 Å². The predicted octanol–water partition coefficient (Wildman–Crippen LogP) is 5.60. The number of para-hydroxylation sites is 1. The average molecular weight is 328 g/mol. The molecule has 126 valence electrons. The van der Waals surface area contributed by atoms with Crippen LogP contribution in [0.4, 0.5) is 0 Å². The van der Waals surface area contributed by atoms with Crippen molar-refractivity contribution in [1.82, 2.24) is 10.3 Å². The van der Waals surface area contributed by atoms with Crippen molar-refractivity contribution in [2.75, 3.05) is 6.54 Å². The van der Waals surface area contributed by atoms with Crippen LogP contribution in [0.3, 0.4) is 0 Å². The summed E-state index contributed by atoms with van der Waals surface area (Å²) in [5.41, 5.74) is 4.02. The maximum atomic E-state index is 3.69. The Morgan fingerprint density at radius 2 is 1.64 bits per heavy atom. The number of aromatic amines is 1. The monoisotopic (exact) mass is 328 g/mol. The molecule has 1 heterocycles. The third-order valence-corrected chi connectivity index (χ3v) is 5.04. The minimum atomic E-state index is 0.356. The number of fused-ring (bicyclic) bond motifs is 2. The third-order valence-electron chi connectivity index (χ3n) is 5.04. The minimum absolute atomic E-state index is 0.356. The summed E-state index contributed by atoms with van der Waals surface area (Å²) in [6.45, 7) is 3.28. The quantitative estimate of drug-likeness (QED) is 0.443. The molecule has 3 aromatic carbocycles. The number of aromatic nitrogens is 1. The van der Waals surface area contributed by atoms with Crippen molar-refractivity contribution >= 4 is 21.7 Å². The van der Waals surface area contributed by atoms with Crippen molar-refractivity contribution in [3.8, 4) is 0 Å². The molecule has 0 amide bonds. The maximum absolute atomic E-state index is 3.69. The van der Waals surface area contributed by atoms with Gasteiger partial charge in [0.25, 0.3) is 0 Å². The first kappa shape index (κ1) is 15.9. The lowest BCUT2D eigenvalue weighted by Crippen LogP contribution is -2.20. The fourth-order valence-corrected chi connectivity index (χ4v) is 3.67. The van der Waals surface area contributed by atoms with Crippen LogP contribution in [-0.4, -0.2) is 11.5 Å². The number of aryl methyl sites for hydroxylation is 1. The van der Waals surface area contributed by atoms with E-state index in [9.17, 15) is 0 Å². The summed E-state index contributed by atoms with van der Waals surface area (Å²) >= 11 is 0. The average Bonchev–Trinajstić information content (AvgIpc) is 3.08. The van der Waals surface area contributed by atoms with Gasteiger partial charge in [-0.1, -0.05) is 60.7 Å². The third kappa shape index (κ3) is 3.31. The van der Waals surface area contributed by atoms with Crippen molar-refractivity contribution in [3.05, 3.63) is 84.1 Å². The van der Waals surface area contributed by atoms with Crippen LogP contribution in [0, 0.1) is 0 Å². The number of hydrogen-bond donors (Lipinski definition) is 2. The summed E-state index contributed by atoms with van der Waals surface area (Å²) in [5.74, 6) is 0. The molecular formula is C23H24N2. The summed E-state index contributed by atoms with van der Waals surface area (Å²) in [5, 5.41) is 7.70. The molecule has 2 N–H and O–H groups in total. The van der Waals surface area contributed by atoms with E-state index in [1.807, 2.05) is 0 Å². The van der Waals surface area contributed by atoms with Gasteiger partial charge in [-0.15, -0.1) is 0 Å². The smallest absolute Gasteiger partial charge is 0.0456 e. The Labute approximate surface area is 148 Å². The van der Waals surface area contributed by atoms with Crippen molar-refractivity contribution in [3.63, 3.8) is 0 Å². The van der Waals surface area contributed by atoms with Gasteiger partial charge in [-0.3, -0.25) is 0 Å².